The molecule has 0 atom stereocenters. The molecule has 0 aliphatic heterocycles. The van der Waals surface area contributed by atoms with Gasteiger partial charge in [-0.2, -0.15) is 0 Å². The summed E-state index contributed by atoms with van der Waals surface area (Å²) in [6, 6.07) is 8.22. The third kappa shape index (κ3) is 2.27. The summed E-state index contributed by atoms with van der Waals surface area (Å²) in [5.74, 6) is 0. The second-order valence-corrected chi connectivity index (χ2v) is 6.01. The molecule has 0 N–H and O–H groups in total. The first kappa shape index (κ1) is 12.7. The molecule has 0 spiro atoms. The van der Waals surface area contributed by atoms with Crippen molar-refractivity contribution >= 4 is 18.9 Å². The minimum Gasteiger partial charge on any atom is -0.0961 e. The van der Waals surface area contributed by atoms with E-state index in [0.29, 0.717) is 0 Å². The zero-order chi connectivity index (χ0) is 14.2. The van der Waals surface area contributed by atoms with E-state index < -0.39 is 0 Å². The Hall–Kier alpha value is -2.02. The van der Waals surface area contributed by atoms with E-state index in [1.807, 2.05) is 12.1 Å². The average molecular weight is 268 g/mol. The van der Waals surface area contributed by atoms with Crippen LogP contribution in [0.3, 0.4) is 0 Å². The highest BCUT2D eigenvalue weighted by Crippen LogP contribution is 2.43. The van der Waals surface area contributed by atoms with Gasteiger partial charge in [-0.1, -0.05) is 71.3 Å². The summed E-state index contributed by atoms with van der Waals surface area (Å²) in [7, 11) is 5.93. The van der Waals surface area contributed by atoms with E-state index in [1.54, 1.807) is 11.1 Å². The van der Waals surface area contributed by atoms with Crippen LogP contribution in [0.5, 0.6) is 0 Å². The van der Waals surface area contributed by atoms with Gasteiger partial charge < -0.3 is 0 Å². The first-order valence-corrected chi connectivity index (χ1v) is 7.65. The molecule has 0 fully saturated rings. The molecule has 21 heavy (non-hydrogen) atoms. The molecular formula is C20H17B. The molecule has 2 radical (unpaired) electrons. The highest BCUT2D eigenvalue weighted by atomic mass is 14.3. The van der Waals surface area contributed by atoms with Crippen LogP contribution < -0.4 is 5.46 Å². The van der Waals surface area contributed by atoms with Crippen LogP contribution in [0.4, 0.5) is 0 Å². The summed E-state index contributed by atoms with van der Waals surface area (Å²) in [5, 5.41) is 0. The first-order chi connectivity index (χ1) is 10.3. The Labute approximate surface area is 127 Å². The van der Waals surface area contributed by atoms with Crippen LogP contribution in [0.15, 0.2) is 76.9 Å². The number of hydrogen-bond acceptors (Lipinski definition) is 0. The van der Waals surface area contributed by atoms with Gasteiger partial charge in [0.05, 0.1) is 0 Å². The monoisotopic (exact) mass is 268 g/mol. The standard InChI is InChI=1S/C20H17B/c21-18-8-3-6-15(13-18)14-7-4-10-20-17(11-14)12-16-5-1-2-9-19(16)20/h2-4,6-10,13H,1,5,11-12H2. The first-order valence-electron chi connectivity index (χ1n) is 7.65. The van der Waals surface area contributed by atoms with E-state index in [0.717, 1.165) is 18.3 Å². The SMILES string of the molecule is [B]c1cccc(C2=CC=CC3=C(C2)CC2=C3C=CCC2)c1. The summed E-state index contributed by atoms with van der Waals surface area (Å²) in [5.41, 5.74) is 9.57. The maximum Gasteiger partial charge on any atom is 0.113 e. The molecule has 0 heterocycles. The van der Waals surface area contributed by atoms with E-state index in [2.05, 4.69) is 42.5 Å². The van der Waals surface area contributed by atoms with Crippen LogP contribution in [0, 0.1) is 0 Å². The van der Waals surface area contributed by atoms with Gasteiger partial charge in [-0.25, -0.2) is 0 Å². The fourth-order valence-electron chi connectivity index (χ4n) is 3.57. The molecule has 0 aromatic heterocycles. The maximum atomic E-state index is 5.93. The van der Waals surface area contributed by atoms with E-state index in [1.165, 1.54) is 35.1 Å². The van der Waals surface area contributed by atoms with E-state index in [-0.39, 0.29) is 0 Å². The van der Waals surface area contributed by atoms with Gasteiger partial charge in [0, 0.05) is 0 Å². The molecule has 1 heteroatoms. The van der Waals surface area contributed by atoms with E-state index >= 15 is 0 Å². The Morgan fingerprint density at radius 3 is 2.76 bits per heavy atom. The molecule has 0 amide bonds. The summed E-state index contributed by atoms with van der Waals surface area (Å²) in [6.07, 6.45) is 15.9. The highest BCUT2D eigenvalue weighted by molar-refractivity contribution is 6.32. The van der Waals surface area contributed by atoms with Crippen molar-refractivity contribution in [1.29, 1.82) is 0 Å². The van der Waals surface area contributed by atoms with Crippen molar-refractivity contribution < 1.29 is 0 Å². The molecule has 3 aliphatic carbocycles. The summed E-state index contributed by atoms with van der Waals surface area (Å²) in [4.78, 5) is 0. The van der Waals surface area contributed by atoms with Crippen LogP contribution in [0.1, 0.15) is 31.2 Å². The molecule has 0 saturated heterocycles. The molecule has 1 aromatic rings. The normalized spacial score (nSPS) is 20.3. The average Bonchev–Trinajstić information content (AvgIpc) is 2.71. The van der Waals surface area contributed by atoms with Gasteiger partial charge in [0.25, 0.3) is 0 Å². The van der Waals surface area contributed by atoms with Crippen molar-refractivity contribution in [3.05, 3.63) is 82.5 Å². The van der Waals surface area contributed by atoms with Gasteiger partial charge >= 0.3 is 0 Å². The zero-order valence-electron chi connectivity index (χ0n) is 12.1. The predicted molar refractivity (Wildman–Crippen MR) is 90.6 cm³/mol. The Bertz CT molecular complexity index is 754. The van der Waals surface area contributed by atoms with E-state index in [9.17, 15) is 0 Å². The fraction of sp³-hybridized carbons (Fsp3) is 0.200. The Balaban J connectivity index is 1.68. The number of rotatable bonds is 1. The molecule has 0 saturated carbocycles. The van der Waals surface area contributed by atoms with Gasteiger partial charge in [-0.05, 0) is 48.0 Å². The molecule has 0 unspecified atom stereocenters. The maximum absolute atomic E-state index is 5.93. The second-order valence-electron chi connectivity index (χ2n) is 6.01. The minimum atomic E-state index is 0.836. The third-order valence-electron chi connectivity index (χ3n) is 4.60. The zero-order valence-corrected chi connectivity index (χ0v) is 12.1. The second kappa shape index (κ2) is 5.07. The Morgan fingerprint density at radius 2 is 1.86 bits per heavy atom. The topological polar surface area (TPSA) is 0 Å². The van der Waals surface area contributed by atoms with Crippen molar-refractivity contribution in [3.63, 3.8) is 0 Å². The van der Waals surface area contributed by atoms with Gasteiger partial charge in [0.2, 0.25) is 0 Å². The van der Waals surface area contributed by atoms with Crippen LogP contribution >= 0.6 is 0 Å². The fourth-order valence-corrected chi connectivity index (χ4v) is 3.57. The summed E-state index contributed by atoms with van der Waals surface area (Å²) in [6.45, 7) is 0. The van der Waals surface area contributed by atoms with Crippen molar-refractivity contribution in [2.75, 3.05) is 0 Å². The molecule has 3 aliphatic rings. The van der Waals surface area contributed by atoms with Gasteiger partial charge in [-0.3, -0.25) is 0 Å². The summed E-state index contributed by atoms with van der Waals surface area (Å²) < 4.78 is 0. The van der Waals surface area contributed by atoms with Gasteiger partial charge in [0.15, 0.2) is 0 Å². The smallest absolute Gasteiger partial charge is 0.0961 e. The number of hydrogen-bond donors (Lipinski definition) is 0. The Kier molecular flexibility index (Phi) is 3.07. The molecule has 0 bridgehead atoms. The lowest BCUT2D eigenvalue weighted by molar-refractivity contribution is 0.906. The largest absolute Gasteiger partial charge is 0.113 e. The molecule has 0 nitrogen and oxygen atoms in total. The molecule has 100 valence electrons. The molecule has 4 rings (SSSR count). The Morgan fingerprint density at radius 1 is 0.952 bits per heavy atom. The van der Waals surface area contributed by atoms with Crippen LogP contribution in [0.25, 0.3) is 5.57 Å². The van der Waals surface area contributed by atoms with Crippen molar-refractivity contribution in [2.45, 2.75) is 25.7 Å². The van der Waals surface area contributed by atoms with Crippen LogP contribution in [-0.4, -0.2) is 7.85 Å². The lowest BCUT2D eigenvalue weighted by atomic mass is 9.90. The number of allylic oxidation sites excluding steroid dienone is 10. The third-order valence-corrected chi connectivity index (χ3v) is 4.60. The highest BCUT2D eigenvalue weighted by Gasteiger charge is 2.24. The van der Waals surface area contributed by atoms with Crippen LogP contribution in [-0.2, 0) is 0 Å². The molecular weight excluding hydrogens is 251 g/mol. The molecule has 1 aromatic carbocycles. The van der Waals surface area contributed by atoms with E-state index in [4.69, 9.17) is 7.85 Å². The predicted octanol–water partition coefficient (Wildman–Crippen LogP) is 4.17. The van der Waals surface area contributed by atoms with Gasteiger partial charge in [0.1, 0.15) is 7.85 Å². The quantitative estimate of drug-likeness (QED) is 0.670. The lowest BCUT2D eigenvalue weighted by Gasteiger charge is -2.10. The minimum absolute atomic E-state index is 0.836. The van der Waals surface area contributed by atoms with Crippen molar-refractivity contribution in [1.82, 2.24) is 0 Å². The van der Waals surface area contributed by atoms with Crippen molar-refractivity contribution in [3.8, 4) is 0 Å². The lowest BCUT2D eigenvalue weighted by Crippen LogP contribution is -2.02. The van der Waals surface area contributed by atoms with Gasteiger partial charge in [-0.15, -0.1) is 0 Å². The number of fused-ring (bicyclic) bond motifs is 1. The summed E-state index contributed by atoms with van der Waals surface area (Å²) >= 11 is 0. The van der Waals surface area contributed by atoms with Crippen molar-refractivity contribution in [2.24, 2.45) is 0 Å². The van der Waals surface area contributed by atoms with Crippen LogP contribution in [0.2, 0.25) is 0 Å². The number of benzene rings is 1.